The maximum atomic E-state index is 12.9. The molecule has 39 heavy (non-hydrogen) atoms. The van der Waals surface area contributed by atoms with Gasteiger partial charge in [-0.2, -0.15) is 0 Å². The number of methoxy groups -OCH3 is 2. The summed E-state index contributed by atoms with van der Waals surface area (Å²) in [6.07, 6.45) is 0.803. The van der Waals surface area contributed by atoms with Crippen molar-refractivity contribution in [3.05, 3.63) is 78.4 Å². The van der Waals surface area contributed by atoms with E-state index in [1.165, 1.54) is 48.9 Å². The molecular weight excluding hydrogens is 542 g/mol. The van der Waals surface area contributed by atoms with Gasteiger partial charge in [-0.05, 0) is 54.8 Å². The van der Waals surface area contributed by atoms with E-state index in [0.29, 0.717) is 30.0 Å². The Balaban J connectivity index is 1.34. The van der Waals surface area contributed by atoms with E-state index in [9.17, 15) is 21.6 Å². The lowest BCUT2D eigenvalue weighted by Crippen LogP contribution is -2.41. The first-order chi connectivity index (χ1) is 18.6. The predicted octanol–water partition coefficient (Wildman–Crippen LogP) is 3.69. The molecule has 208 valence electrons. The molecule has 1 aliphatic heterocycles. The molecule has 2 N–H and O–H groups in total. The van der Waals surface area contributed by atoms with Crippen LogP contribution in [0.2, 0.25) is 0 Å². The van der Waals surface area contributed by atoms with Crippen LogP contribution in [-0.4, -0.2) is 54.4 Å². The van der Waals surface area contributed by atoms with Gasteiger partial charge in [0.15, 0.2) is 0 Å². The zero-order valence-corrected chi connectivity index (χ0v) is 23.3. The van der Waals surface area contributed by atoms with Crippen molar-refractivity contribution >= 4 is 37.3 Å². The minimum Gasteiger partial charge on any atom is -0.497 e. The summed E-state index contributed by atoms with van der Waals surface area (Å²) >= 11 is 0. The van der Waals surface area contributed by atoms with Crippen LogP contribution < -0.4 is 19.5 Å². The van der Waals surface area contributed by atoms with Crippen LogP contribution in [0.25, 0.3) is 0 Å². The van der Waals surface area contributed by atoms with Gasteiger partial charge in [0.05, 0.1) is 30.6 Å². The fourth-order valence-electron chi connectivity index (χ4n) is 4.33. The molecule has 0 aromatic heterocycles. The Morgan fingerprint density at radius 1 is 0.897 bits per heavy atom. The molecule has 12 heteroatoms. The number of rotatable bonds is 10. The Morgan fingerprint density at radius 2 is 1.56 bits per heavy atom. The molecule has 0 atom stereocenters. The molecule has 0 spiro atoms. The summed E-state index contributed by atoms with van der Waals surface area (Å²) in [6, 6.07) is 19.6. The van der Waals surface area contributed by atoms with Crippen molar-refractivity contribution in [3.63, 3.8) is 0 Å². The number of hydrogen-bond donors (Lipinski definition) is 2. The lowest BCUT2D eigenvalue weighted by atomic mass is 9.97. The Kier molecular flexibility index (Phi) is 8.78. The highest BCUT2D eigenvalue weighted by molar-refractivity contribution is 7.92. The van der Waals surface area contributed by atoms with Crippen LogP contribution in [0.3, 0.4) is 0 Å². The normalized spacial score (nSPS) is 14.9. The molecule has 1 heterocycles. The Bertz CT molecular complexity index is 1500. The molecule has 0 radical (unpaired) electrons. The molecular formula is C27H31N3O7S2. The highest BCUT2D eigenvalue weighted by Gasteiger charge is 2.31. The van der Waals surface area contributed by atoms with Crippen molar-refractivity contribution in [1.29, 1.82) is 0 Å². The second-order valence-electron chi connectivity index (χ2n) is 9.10. The summed E-state index contributed by atoms with van der Waals surface area (Å²) in [5.41, 5.74) is 1.39. The third kappa shape index (κ3) is 7.08. The minimum atomic E-state index is -3.94. The maximum absolute atomic E-state index is 12.9. The van der Waals surface area contributed by atoms with E-state index in [-0.39, 0.29) is 41.3 Å². The number of sulfonamides is 2. The first-order valence-electron chi connectivity index (χ1n) is 12.3. The minimum absolute atomic E-state index is 0.00213. The lowest BCUT2D eigenvalue weighted by Gasteiger charge is -2.30. The number of nitrogens with one attached hydrogen (secondary N) is 2. The molecule has 1 fully saturated rings. The van der Waals surface area contributed by atoms with Crippen LogP contribution >= 0.6 is 0 Å². The highest BCUT2D eigenvalue weighted by Crippen LogP contribution is 2.31. The molecule has 1 saturated heterocycles. The molecule has 4 rings (SSSR count). The van der Waals surface area contributed by atoms with Gasteiger partial charge in [0.2, 0.25) is 15.9 Å². The van der Waals surface area contributed by atoms with E-state index >= 15 is 0 Å². The van der Waals surface area contributed by atoms with Crippen LogP contribution in [0, 0.1) is 5.92 Å². The van der Waals surface area contributed by atoms with Crippen LogP contribution in [0.1, 0.15) is 18.4 Å². The van der Waals surface area contributed by atoms with E-state index < -0.39 is 20.0 Å². The second-order valence-corrected chi connectivity index (χ2v) is 12.8. The van der Waals surface area contributed by atoms with Crippen molar-refractivity contribution < 1.29 is 31.1 Å². The molecule has 0 saturated carbocycles. The quantitative estimate of drug-likeness (QED) is 0.378. The van der Waals surface area contributed by atoms with Crippen molar-refractivity contribution in [2.24, 2.45) is 5.92 Å². The van der Waals surface area contributed by atoms with Crippen LogP contribution in [0.15, 0.2) is 77.7 Å². The smallest absolute Gasteiger partial charge is 0.262 e. The topological polar surface area (TPSA) is 131 Å². The van der Waals surface area contributed by atoms with E-state index in [0.717, 1.165) is 5.56 Å². The average Bonchev–Trinajstić information content (AvgIpc) is 2.93. The number of ether oxygens (including phenoxy) is 2. The van der Waals surface area contributed by atoms with E-state index in [1.54, 1.807) is 36.4 Å². The molecule has 0 aliphatic carbocycles. The summed E-state index contributed by atoms with van der Waals surface area (Å²) in [7, 11) is -4.50. The van der Waals surface area contributed by atoms with Crippen molar-refractivity contribution in [3.8, 4) is 11.5 Å². The summed E-state index contributed by atoms with van der Waals surface area (Å²) in [4.78, 5) is 12.8. The third-order valence-corrected chi connectivity index (χ3v) is 9.72. The maximum Gasteiger partial charge on any atom is 0.262 e. The number of anilines is 2. The fourth-order valence-corrected chi connectivity index (χ4v) is 6.96. The largest absolute Gasteiger partial charge is 0.497 e. The van der Waals surface area contributed by atoms with Gasteiger partial charge in [-0.3, -0.25) is 9.52 Å². The monoisotopic (exact) mass is 573 g/mol. The molecule has 3 aromatic rings. The van der Waals surface area contributed by atoms with Gasteiger partial charge in [-0.15, -0.1) is 0 Å². The number of hydrogen-bond acceptors (Lipinski definition) is 7. The first-order valence-corrected chi connectivity index (χ1v) is 15.4. The van der Waals surface area contributed by atoms with Gasteiger partial charge in [0.1, 0.15) is 11.5 Å². The summed E-state index contributed by atoms with van der Waals surface area (Å²) < 4.78 is 65.7. The first kappa shape index (κ1) is 28.4. The van der Waals surface area contributed by atoms with E-state index in [2.05, 4.69) is 10.0 Å². The Labute approximate surface area is 229 Å². The summed E-state index contributed by atoms with van der Waals surface area (Å²) in [5, 5.41) is 2.81. The number of benzene rings is 3. The Morgan fingerprint density at radius 3 is 2.18 bits per heavy atom. The van der Waals surface area contributed by atoms with Crippen LogP contribution in [-0.2, 0) is 30.6 Å². The van der Waals surface area contributed by atoms with Crippen LogP contribution in [0.5, 0.6) is 11.5 Å². The summed E-state index contributed by atoms with van der Waals surface area (Å²) in [5.74, 6) is 0.150. The molecule has 3 aromatic carbocycles. The highest BCUT2D eigenvalue weighted by atomic mass is 32.2. The average molecular weight is 574 g/mol. The third-order valence-electron chi connectivity index (χ3n) is 6.49. The zero-order valence-electron chi connectivity index (χ0n) is 21.7. The van der Waals surface area contributed by atoms with E-state index in [4.69, 9.17) is 9.47 Å². The standard InChI is InChI=1S/C27H31N3O7S2/c1-36-23-10-13-26(37-2)25(18-23)29-39(34,35)24-11-8-22(9-12-24)28-27(31)21-14-16-30(17-15-21)38(32,33)19-20-6-4-3-5-7-20/h3-13,18,21,29H,14-17,19H2,1-2H3,(H,28,31). The van der Waals surface area contributed by atoms with Crippen molar-refractivity contribution in [2.45, 2.75) is 23.5 Å². The molecule has 1 amide bonds. The lowest BCUT2D eigenvalue weighted by molar-refractivity contribution is -0.120. The Hall–Kier alpha value is -3.61. The van der Waals surface area contributed by atoms with Gasteiger partial charge in [-0.1, -0.05) is 30.3 Å². The number of piperidine rings is 1. The van der Waals surface area contributed by atoms with E-state index in [1.807, 2.05) is 6.07 Å². The number of carbonyl (C=O) groups is 1. The number of amides is 1. The van der Waals surface area contributed by atoms with Gasteiger partial charge in [0, 0.05) is 30.8 Å². The summed E-state index contributed by atoms with van der Waals surface area (Å²) in [6.45, 7) is 0.535. The number of nitrogens with zero attached hydrogens (tertiary/aromatic N) is 1. The fraction of sp³-hybridized carbons (Fsp3) is 0.296. The molecule has 0 bridgehead atoms. The van der Waals surface area contributed by atoms with Crippen molar-refractivity contribution in [1.82, 2.24) is 4.31 Å². The van der Waals surface area contributed by atoms with Gasteiger partial charge >= 0.3 is 0 Å². The van der Waals surface area contributed by atoms with Gasteiger partial charge in [-0.25, -0.2) is 21.1 Å². The van der Waals surface area contributed by atoms with Gasteiger partial charge < -0.3 is 14.8 Å². The molecule has 1 aliphatic rings. The van der Waals surface area contributed by atoms with Crippen molar-refractivity contribution in [2.75, 3.05) is 37.3 Å². The molecule has 0 unspecified atom stereocenters. The number of carbonyl (C=O) groups excluding carboxylic acids is 1. The SMILES string of the molecule is COc1ccc(OC)c(NS(=O)(=O)c2ccc(NC(=O)C3CCN(S(=O)(=O)Cc4ccccc4)CC3)cc2)c1. The van der Waals surface area contributed by atoms with Gasteiger partial charge in [0.25, 0.3) is 10.0 Å². The predicted molar refractivity (Wildman–Crippen MR) is 149 cm³/mol. The molecule has 10 nitrogen and oxygen atoms in total. The van der Waals surface area contributed by atoms with Crippen LogP contribution in [0.4, 0.5) is 11.4 Å². The second kappa shape index (κ2) is 12.1. The zero-order chi connectivity index (χ0) is 28.0.